The molecule has 0 fully saturated rings. The molecule has 1 N–H and O–H groups in total. The maximum Gasteiger partial charge on any atom is 0.419 e. The van der Waals surface area contributed by atoms with E-state index in [1.54, 1.807) is 0 Å². The molecule has 0 aliphatic rings. The number of benzene rings is 2. The summed E-state index contributed by atoms with van der Waals surface area (Å²) in [5, 5.41) is 2.99. The fraction of sp³-hybridized carbons (Fsp3) is 0.143. The van der Waals surface area contributed by atoms with Gasteiger partial charge in [-0.05, 0) is 64.6 Å². The van der Waals surface area contributed by atoms with E-state index in [0.29, 0.717) is 5.56 Å². The van der Waals surface area contributed by atoms with Crippen molar-refractivity contribution in [3.63, 3.8) is 0 Å². The third kappa shape index (κ3) is 3.84. The largest absolute Gasteiger partial charge is 0.419 e. The number of anilines is 1. The molecule has 1 nitrogen and oxygen atoms in total. The molecule has 0 aromatic heterocycles. The second-order valence-corrected chi connectivity index (χ2v) is 5.42. The summed E-state index contributed by atoms with van der Waals surface area (Å²) >= 11 is 2.16. The van der Waals surface area contributed by atoms with Crippen molar-refractivity contribution in [1.29, 1.82) is 0 Å². The van der Waals surface area contributed by atoms with Crippen molar-refractivity contribution in [2.45, 2.75) is 12.7 Å². The summed E-state index contributed by atoms with van der Waals surface area (Å²) in [6.45, 7) is 0.198. The first kappa shape index (κ1) is 15.1. The highest BCUT2D eigenvalue weighted by Crippen LogP contribution is 2.32. The molecule has 6 heteroatoms. The summed E-state index contributed by atoms with van der Waals surface area (Å²) in [5.74, 6) is -1.25. The number of rotatable bonds is 3. The van der Waals surface area contributed by atoms with Gasteiger partial charge in [0, 0.05) is 15.8 Å². The van der Waals surface area contributed by atoms with E-state index in [0.717, 1.165) is 21.4 Å². The van der Waals surface area contributed by atoms with Crippen molar-refractivity contribution >= 4 is 28.3 Å². The maximum atomic E-state index is 13.1. The van der Waals surface area contributed by atoms with Gasteiger partial charge in [0.05, 0.1) is 5.56 Å². The van der Waals surface area contributed by atoms with E-state index in [4.69, 9.17) is 0 Å². The van der Waals surface area contributed by atoms with Crippen LogP contribution in [0.4, 0.5) is 23.2 Å². The van der Waals surface area contributed by atoms with Crippen molar-refractivity contribution in [2.75, 3.05) is 5.32 Å². The van der Waals surface area contributed by atoms with Crippen LogP contribution < -0.4 is 5.32 Å². The SMILES string of the molecule is Fc1ccc(CNc2ccc(I)cc2)cc1C(F)(F)F. The van der Waals surface area contributed by atoms with Gasteiger partial charge in [-0.2, -0.15) is 13.2 Å². The maximum absolute atomic E-state index is 13.1. The lowest BCUT2D eigenvalue weighted by Crippen LogP contribution is -2.10. The van der Waals surface area contributed by atoms with Crippen LogP contribution in [0.25, 0.3) is 0 Å². The Kier molecular flexibility index (Phi) is 4.52. The average Bonchev–Trinajstić information content (AvgIpc) is 2.38. The number of hydrogen-bond acceptors (Lipinski definition) is 1. The fourth-order valence-corrected chi connectivity index (χ4v) is 2.03. The van der Waals surface area contributed by atoms with E-state index in [1.165, 1.54) is 6.07 Å². The Morgan fingerprint density at radius 1 is 1.00 bits per heavy atom. The van der Waals surface area contributed by atoms with Crippen LogP contribution >= 0.6 is 22.6 Å². The number of hydrogen-bond donors (Lipinski definition) is 1. The lowest BCUT2D eigenvalue weighted by Gasteiger charge is -2.11. The molecule has 20 heavy (non-hydrogen) atoms. The van der Waals surface area contributed by atoms with Crippen LogP contribution in [0.5, 0.6) is 0 Å². The molecule has 0 spiro atoms. The van der Waals surface area contributed by atoms with Gasteiger partial charge in [-0.15, -0.1) is 0 Å². The Balaban J connectivity index is 2.12. The van der Waals surface area contributed by atoms with E-state index in [2.05, 4.69) is 27.9 Å². The smallest absolute Gasteiger partial charge is 0.381 e. The predicted octanol–water partition coefficient (Wildman–Crippen LogP) is 5.06. The molecule has 0 radical (unpaired) electrons. The van der Waals surface area contributed by atoms with Crippen LogP contribution in [-0.4, -0.2) is 0 Å². The highest BCUT2D eigenvalue weighted by molar-refractivity contribution is 14.1. The molecular formula is C14H10F4IN. The van der Waals surface area contributed by atoms with Crippen LogP contribution in [0.1, 0.15) is 11.1 Å². The van der Waals surface area contributed by atoms with Crippen molar-refractivity contribution < 1.29 is 17.6 Å². The molecule has 0 saturated carbocycles. The molecule has 106 valence electrons. The monoisotopic (exact) mass is 395 g/mol. The summed E-state index contributed by atoms with van der Waals surface area (Å²) < 4.78 is 51.9. The summed E-state index contributed by atoms with van der Waals surface area (Å²) in [6, 6.07) is 10.4. The number of alkyl halides is 3. The van der Waals surface area contributed by atoms with Crippen molar-refractivity contribution in [2.24, 2.45) is 0 Å². The number of halogens is 5. The van der Waals surface area contributed by atoms with Gasteiger partial charge < -0.3 is 5.32 Å². The third-order valence-electron chi connectivity index (χ3n) is 2.68. The zero-order valence-corrected chi connectivity index (χ0v) is 12.3. The van der Waals surface area contributed by atoms with Gasteiger partial charge >= 0.3 is 6.18 Å². The molecule has 0 saturated heterocycles. The normalized spacial score (nSPS) is 11.4. The van der Waals surface area contributed by atoms with Crippen LogP contribution in [0.3, 0.4) is 0 Å². The van der Waals surface area contributed by atoms with Gasteiger partial charge in [-0.3, -0.25) is 0 Å². The second-order valence-electron chi connectivity index (χ2n) is 4.17. The first-order valence-electron chi connectivity index (χ1n) is 5.71. The molecule has 0 amide bonds. The lowest BCUT2D eigenvalue weighted by atomic mass is 10.1. The minimum atomic E-state index is -4.68. The highest BCUT2D eigenvalue weighted by Gasteiger charge is 2.34. The molecule has 0 aliphatic heterocycles. The lowest BCUT2D eigenvalue weighted by molar-refractivity contribution is -0.140. The topological polar surface area (TPSA) is 12.0 Å². The molecule has 0 bridgehead atoms. The first-order chi connectivity index (χ1) is 9.36. The Bertz CT molecular complexity index is 593. The van der Waals surface area contributed by atoms with Gasteiger partial charge in [0.2, 0.25) is 0 Å². The molecule has 0 aliphatic carbocycles. The quantitative estimate of drug-likeness (QED) is 0.566. The van der Waals surface area contributed by atoms with Crippen molar-refractivity contribution in [1.82, 2.24) is 0 Å². The first-order valence-corrected chi connectivity index (χ1v) is 6.79. The van der Waals surface area contributed by atoms with E-state index in [9.17, 15) is 17.6 Å². The van der Waals surface area contributed by atoms with Crippen LogP contribution in [0.2, 0.25) is 0 Å². The summed E-state index contributed by atoms with van der Waals surface area (Å²) in [6.07, 6.45) is -4.68. The Morgan fingerprint density at radius 2 is 1.65 bits per heavy atom. The molecule has 0 heterocycles. The van der Waals surface area contributed by atoms with Gasteiger partial charge in [-0.1, -0.05) is 6.07 Å². The average molecular weight is 395 g/mol. The van der Waals surface area contributed by atoms with E-state index >= 15 is 0 Å². The minimum Gasteiger partial charge on any atom is -0.381 e. The zero-order valence-electron chi connectivity index (χ0n) is 10.1. The van der Waals surface area contributed by atoms with E-state index < -0.39 is 17.6 Å². The Morgan fingerprint density at radius 3 is 2.25 bits per heavy atom. The van der Waals surface area contributed by atoms with Crippen LogP contribution in [-0.2, 0) is 12.7 Å². The molecule has 2 aromatic rings. The van der Waals surface area contributed by atoms with Crippen LogP contribution in [0, 0.1) is 9.39 Å². The zero-order chi connectivity index (χ0) is 14.8. The molecule has 0 atom stereocenters. The number of nitrogens with one attached hydrogen (secondary N) is 1. The van der Waals surface area contributed by atoms with Gasteiger partial charge in [-0.25, -0.2) is 4.39 Å². The van der Waals surface area contributed by atoms with Gasteiger partial charge in [0.1, 0.15) is 5.82 Å². The molecule has 0 unspecified atom stereocenters. The van der Waals surface area contributed by atoms with Gasteiger partial charge in [0.15, 0.2) is 0 Å². The molecule has 2 aromatic carbocycles. The summed E-state index contributed by atoms with van der Waals surface area (Å²) in [7, 11) is 0. The van der Waals surface area contributed by atoms with E-state index in [1.807, 2.05) is 24.3 Å². The Labute approximate surface area is 127 Å². The third-order valence-corrected chi connectivity index (χ3v) is 3.40. The second kappa shape index (κ2) is 5.99. The molecular weight excluding hydrogens is 385 g/mol. The highest BCUT2D eigenvalue weighted by atomic mass is 127. The predicted molar refractivity (Wildman–Crippen MR) is 77.9 cm³/mol. The standard InChI is InChI=1S/C14H10F4IN/c15-13-6-1-9(7-12(13)14(16,17)18)8-20-11-4-2-10(19)3-5-11/h1-7,20H,8H2. The van der Waals surface area contributed by atoms with Crippen molar-refractivity contribution in [3.8, 4) is 0 Å². The van der Waals surface area contributed by atoms with Gasteiger partial charge in [0.25, 0.3) is 0 Å². The summed E-state index contributed by atoms with van der Waals surface area (Å²) in [4.78, 5) is 0. The summed E-state index contributed by atoms with van der Waals surface area (Å²) in [5.41, 5.74) is -0.0695. The van der Waals surface area contributed by atoms with E-state index in [-0.39, 0.29) is 6.54 Å². The van der Waals surface area contributed by atoms with Crippen molar-refractivity contribution in [3.05, 3.63) is 63.0 Å². The fourth-order valence-electron chi connectivity index (χ4n) is 1.67. The minimum absolute atomic E-state index is 0.198. The molecule has 2 rings (SSSR count). The van der Waals surface area contributed by atoms with Crippen LogP contribution in [0.15, 0.2) is 42.5 Å². The Hall–Kier alpha value is -1.31.